The monoisotopic (exact) mass is 238 g/mol. The van der Waals surface area contributed by atoms with E-state index in [0.717, 1.165) is 18.8 Å². The van der Waals surface area contributed by atoms with E-state index in [1.165, 1.54) is 10.6 Å². The molecule has 0 unspecified atom stereocenters. The van der Waals surface area contributed by atoms with Gasteiger partial charge in [0.1, 0.15) is 0 Å². The summed E-state index contributed by atoms with van der Waals surface area (Å²) in [6, 6.07) is 0. The second-order valence-corrected chi connectivity index (χ2v) is 5.96. The van der Waals surface area contributed by atoms with E-state index < -0.39 is 0 Å². The topological polar surface area (TPSA) is 24.9 Å². The van der Waals surface area contributed by atoms with E-state index in [1.807, 2.05) is 0 Å². The average molecular weight is 238 g/mol. The third-order valence-electron chi connectivity index (χ3n) is 2.21. The molecule has 0 fully saturated rings. The summed E-state index contributed by atoms with van der Waals surface area (Å²) in [5.41, 5.74) is 2.57. The Bertz CT molecular complexity index is 358. The van der Waals surface area contributed by atoms with Gasteiger partial charge < -0.3 is 5.32 Å². The first-order chi connectivity index (χ1) is 7.43. The van der Waals surface area contributed by atoms with Gasteiger partial charge in [-0.3, -0.25) is 0 Å². The lowest BCUT2D eigenvalue weighted by molar-refractivity contribution is 0.585. The minimum Gasteiger partial charge on any atom is -0.313 e. The van der Waals surface area contributed by atoms with Crippen LogP contribution in [0.4, 0.5) is 0 Å². The molecule has 16 heavy (non-hydrogen) atoms. The predicted molar refractivity (Wildman–Crippen MR) is 73.0 cm³/mol. The van der Waals surface area contributed by atoms with Crippen molar-refractivity contribution in [3.8, 4) is 0 Å². The van der Waals surface area contributed by atoms with Crippen molar-refractivity contribution in [3.63, 3.8) is 0 Å². The molecule has 0 aromatic carbocycles. The zero-order chi connectivity index (χ0) is 12.2. The average Bonchev–Trinajstić information content (AvgIpc) is 2.62. The number of nitrogens with zero attached hydrogens (tertiary/aromatic N) is 1. The Morgan fingerprint density at radius 3 is 2.69 bits per heavy atom. The lowest BCUT2D eigenvalue weighted by Gasteiger charge is -2.13. The minimum absolute atomic E-state index is 0.159. The normalized spacial score (nSPS) is 13.2. The van der Waals surface area contributed by atoms with E-state index in [0.29, 0.717) is 0 Å². The van der Waals surface area contributed by atoms with E-state index in [1.54, 1.807) is 11.3 Å². The number of aromatic nitrogens is 1. The molecule has 0 aliphatic carbocycles. The number of likely N-dealkylation sites (N-methyl/N-ethyl adjacent to an activating group) is 1. The number of rotatable bonds is 4. The highest BCUT2D eigenvalue weighted by molar-refractivity contribution is 7.09. The van der Waals surface area contributed by atoms with Gasteiger partial charge in [-0.2, -0.15) is 0 Å². The molecule has 0 aliphatic rings. The number of nitrogens with one attached hydrogen (secondary N) is 1. The maximum absolute atomic E-state index is 4.64. The molecule has 1 aromatic heterocycles. The molecule has 3 heteroatoms. The predicted octanol–water partition coefficient (Wildman–Crippen LogP) is 3.45. The van der Waals surface area contributed by atoms with Crippen molar-refractivity contribution in [3.05, 3.63) is 21.7 Å². The first-order valence-corrected chi connectivity index (χ1v) is 6.65. The van der Waals surface area contributed by atoms with Crippen molar-refractivity contribution in [1.29, 1.82) is 0 Å². The van der Waals surface area contributed by atoms with Crippen molar-refractivity contribution < 1.29 is 0 Å². The summed E-state index contributed by atoms with van der Waals surface area (Å²) in [7, 11) is 0. The maximum Gasteiger partial charge on any atom is 0.0985 e. The highest BCUT2D eigenvalue weighted by Crippen LogP contribution is 2.26. The SMILES string of the molecule is CCNCC(C)=Cc1csc(C(C)(C)C)n1. The molecule has 0 atom stereocenters. The molecule has 0 amide bonds. The minimum atomic E-state index is 0.159. The van der Waals surface area contributed by atoms with Gasteiger partial charge in [0, 0.05) is 17.3 Å². The van der Waals surface area contributed by atoms with Crippen molar-refractivity contribution in [2.75, 3.05) is 13.1 Å². The molecule has 0 saturated carbocycles. The van der Waals surface area contributed by atoms with Gasteiger partial charge >= 0.3 is 0 Å². The van der Waals surface area contributed by atoms with Crippen LogP contribution < -0.4 is 5.32 Å². The molecular weight excluding hydrogens is 216 g/mol. The Balaban J connectivity index is 2.71. The number of thiazole rings is 1. The Labute approximate surface area is 103 Å². The summed E-state index contributed by atoms with van der Waals surface area (Å²) in [4.78, 5) is 4.64. The van der Waals surface area contributed by atoms with Crippen LogP contribution >= 0.6 is 11.3 Å². The zero-order valence-electron chi connectivity index (χ0n) is 10.9. The molecule has 0 spiro atoms. The molecule has 1 N–H and O–H groups in total. The number of hydrogen-bond donors (Lipinski definition) is 1. The summed E-state index contributed by atoms with van der Waals surface area (Å²) in [5.74, 6) is 0. The quantitative estimate of drug-likeness (QED) is 0.869. The molecule has 90 valence electrons. The van der Waals surface area contributed by atoms with Gasteiger partial charge in [-0.05, 0) is 19.5 Å². The van der Waals surface area contributed by atoms with Gasteiger partial charge in [-0.15, -0.1) is 11.3 Å². The summed E-state index contributed by atoms with van der Waals surface area (Å²) in [6.45, 7) is 12.8. The molecule has 1 heterocycles. The lowest BCUT2D eigenvalue weighted by atomic mass is 9.98. The fourth-order valence-corrected chi connectivity index (χ4v) is 2.19. The summed E-state index contributed by atoms with van der Waals surface area (Å²) in [6.07, 6.45) is 2.16. The van der Waals surface area contributed by atoms with Crippen molar-refractivity contribution in [2.45, 2.75) is 40.0 Å². The maximum atomic E-state index is 4.64. The van der Waals surface area contributed by atoms with Crippen molar-refractivity contribution >= 4 is 17.4 Å². The van der Waals surface area contributed by atoms with Crippen LogP contribution in [-0.2, 0) is 5.41 Å². The summed E-state index contributed by atoms with van der Waals surface area (Å²) >= 11 is 1.75. The molecule has 2 nitrogen and oxygen atoms in total. The molecular formula is C13H22N2S. The molecule has 0 aliphatic heterocycles. The zero-order valence-corrected chi connectivity index (χ0v) is 11.7. The van der Waals surface area contributed by atoms with Crippen LogP contribution in [0.15, 0.2) is 11.0 Å². The fourth-order valence-electron chi connectivity index (χ4n) is 1.32. The molecule has 1 rings (SSSR count). The molecule has 1 aromatic rings. The van der Waals surface area contributed by atoms with Gasteiger partial charge in [0.05, 0.1) is 10.7 Å². The Kier molecular flexibility index (Phi) is 4.69. The van der Waals surface area contributed by atoms with E-state index in [4.69, 9.17) is 0 Å². The van der Waals surface area contributed by atoms with E-state index in [9.17, 15) is 0 Å². The molecule has 0 bridgehead atoms. The van der Waals surface area contributed by atoms with Crippen LogP contribution in [0.25, 0.3) is 6.08 Å². The van der Waals surface area contributed by atoms with Crippen molar-refractivity contribution in [1.82, 2.24) is 10.3 Å². The lowest BCUT2D eigenvalue weighted by Crippen LogP contribution is -2.14. The molecule has 0 saturated heterocycles. The van der Waals surface area contributed by atoms with Crippen LogP contribution in [0, 0.1) is 0 Å². The first-order valence-electron chi connectivity index (χ1n) is 5.77. The number of hydrogen-bond acceptors (Lipinski definition) is 3. The second kappa shape index (κ2) is 5.60. The van der Waals surface area contributed by atoms with Gasteiger partial charge in [-0.25, -0.2) is 4.98 Å². The van der Waals surface area contributed by atoms with Gasteiger partial charge in [-0.1, -0.05) is 33.3 Å². The smallest absolute Gasteiger partial charge is 0.0985 e. The Hall–Kier alpha value is -0.670. The third-order valence-corrected chi connectivity index (χ3v) is 3.50. The van der Waals surface area contributed by atoms with Crippen molar-refractivity contribution in [2.24, 2.45) is 0 Å². The van der Waals surface area contributed by atoms with Gasteiger partial charge in [0.25, 0.3) is 0 Å². The van der Waals surface area contributed by atoms with Gasteiger partial charge in [0.15, 0.2) is 0 Å². The standard InChI is InChI=1S/C13H22N2S/c1-6-14-8-10(2)7-11-9-16-12(15-11)13(3,4)5/h7,9,14H,6,8H2,1-5H3. The first kappa shape index (κ1) is 13.4. The van der Waals surface area contributed by atoms with Crippen LogP contribution in [-0.4, -0.2) is 18.1 Å². The highest BCUT2D eigenvalue weighted by Gasteiger charge is 2.17. The van der Waals surface area contributed by atoms with Crippen LogP contribution in [0.5, 0.6) is 0 Å². The van der Waals surface area contributed by atoms with E-state index in [-0.39, 0.29) is 5.41 Å². The summed E-state index contributed by atoms with van der Waals surface area (Å²) in [5, 5.41) is 6.65. The van der Waals surface area contributed by atoms with Crippen LogP contribution in [0.1, 0.15) is 45.3 Å². The molecule has 0 radical (unpaired) electrons. The Morgan fingerprint density at radius 1 is 1.50 bits per heavy atom. The Morgan fingerprint density at radius 2 is 2.19 bits per heavy atom. The van der Waals surface area contributed by atoms with E-state index in [2.05, 4.69) is 56.4 Å². The summed E-state index contributed by atoms with van der Waals surface area (Å²) < 4.78 is 0. The van der Waals surface area contributed by atoms with Crippen LogP contribution in [0.3, 0.4) is 0 Å². The third kappa shape index (κ3) is 4.06. The van der Waals surface area contributed by atoms with Gasteiger partial charge in [0.2, 0.25) is 0 Å². The largest absolute Gasteiger partial charge is 0.313 e. The fraction of sp³-hybridized carbons (Fsp3) is 0.615. The van der Waals surface area contributed by atoms with E-state index >= 15 is 0 Å². The second-order valence-electron chi connectivity index (χ2n) is 5.10. The van der Waals surface area contributed by atoms with Crippen LogP contribution in [0.2, 0.25) is 0 Å². The highest BCUT2D eigenvalue weighted by atomic mass is 32.1.